The van der Waals surface area contributed by atoms with Gasteiger partial charge in [-0.05, 0) is 56.9 Å². The van der Waals surface area contributed by atoms with Crippen molar-refractivity contribution in [3.8, 4) is 0 Å². The summed E-state index contributed by atoms with van der Waals surface area (Å²) in [7, 11) is 0. The van der Waals surface area contributed by atoms with Gasteiger partial charge < -0.3 is 10.3 Å². The highest BCUT2D eigenvalue weighted by Gasteiger charge is 2.22. The minimum Gasteiger partial charge on any atom is -0.355 e. The zero-order valence-electron chi connectivity index (χ0n) is 15.8. The molecule has 1 atom stereocenters. The van der Waals surface area contributed by atoms with E-state index in [-0.39, 0.29) is 16.7 Å². The molecule has 2 aromatic rings. The molecule has 2 aliphatic carbocycles. The summed E-state index contributed by atoms with van der Waals surface area (Å²) in [5.41, 5.74) is 1.14. The predicted octanol–water partition coefficient (Wildman–Crippen LogP) is 4.04. The van der Waals surface area contributed by atoms with E-state index in [4.69, 9.17) is 0 Å². The van der Waals surface area contributed by atoms with Crippen LogP contribution < -0.4 is 10.9 Å². The topological polar surface area (TPSA) is 74.8 Å². The Kier molecular flexibility index (Phi) is 5.88. The molecule has 0 bridgehead atoms. The highest BCUT2D eigenvalue weighted by atomic mass is 32.2. The van der Waals surface area contributed by atoms with Gasteiger partial charge in [0.25, 0.3) is 5.56 Å². The summed E-state index contributed by atoms with van der Waals surface area (Å²) in [5.74, 6) is 0.644. The van der Waals surface area contributed by atoms with Crippen molar-refractivity contribution < 1.29 is 4.79 Å². The largest absolute Gasteiger partial charge is 0.355 e. The third kappa shape index (κ3) is 4.24. The lowest BCUT2D eigenvalue weighted by atomic mass is 9.89. The van der Waals surface area contributed by atoms with Crippen LogP contribution >= 0.6 is 23.1 Å². The molecule has 146 valence electrons. The number of amides is 1. The summed E-state index contributed by atoms with van der Waals surface area (Å²) in [6.45, 7) is 2.65. The molecule has 5 nitrogen and oxygen atoms in total. The lowest BCUT2D eigenvalue weighted by Gasteiger charge is -2.22. The number of rotatable bonds is 5. The summed E-state index contributed by atoms with van der Waals surface area (Å²) in [6.07, 6.45) is 10.7. The Morgan fingerprint density at radius 3 is 2.85 bits per heavy atom. The maximum Gasteiger partial charge on any atom is 0.260 e. The fraction of sp³-hybridized carbons (Fsp3) is 0.650. The Hall–Kier alpha value is -1.34. The van der Waals surface area contributed by atoms with E-state index in [2.05, 4.69) is 15.3 Å². The van der Waals surface area contributed by atoms with Crippen molar-refractivity contribution >= 4 is 39.2 Å². The normalized spacial score (nSPS) is 19.0. The van der Waals surface area contributed by atoms with Gasteiger partial charge in [0.05, 0.1) is 10.6 Å². The molecule has 1 saturated carbocycles. The van der Waals surface area contributed by atoms with Gasteiger partial charge in [0.2, 0.25) is 5.91 Å². The maximum absolute atomic E-state index is 12.6. The van der Waals surface area contributed by atoms with Gasteiger partial charge in [-0.3, -0.25) is 9.59 Å². The van der Waals surface area contributed by atoms with Crippen molar-refractivity contribution in [1.29, 1.82) is 0 Å². The molecule has 2 N–H and O–H groups in total. The van der Waals surface area contributed by atoms with Gasteiger partial charge in [-0.1, -0.05) is 31.0 Å². The zero-order valence-corrected chi connectivity index (χ0v) is 17.4. The third-order valence-corrected chi connectivity index (χ3v) is 7.92. The monoisotopic (exact) mass is 405 g/mol. The van der Waals surface area contributed by atoms with Crippen LogP contribution in [-0.4, -0.2) is 27.7 Å². The Bertz CT molecular complexity index is 883. The first-order chi connectivity index (χ1) is 13.1. The summed E-state index contributed by atoms with van der Waals surface area (Å²) < 4.78 is 0. The van der Waals surface area contributed by atoms with E-state index in [0.29, 0.717) is 11.1 Å². The zero-order chi connectivity index (χ0) is 18.8. The molecule has 1 fully saturated rings. The molecular formula is C20H27N3O2S2. The van der Waals surface area contributed by atoms with Crippen LogP contribution in [0.25, 0.3) is 10.2 Å². The number of aryl methyl sites for hydroxylation is 2. The minimum absolute atomic E-state index is 0.0267. The van der Waals surface area contributed by atoms with Crippen molar-refractivity contribution in [2.75, 3.05) is 6.54 Å². The summed E-state index contributed by atoms with van der Waals surface area (Å²) in [5, 5.41) is 4.13. The van der Waals surface area contributed by atoms with Crippen LogP contribution in [0.1, 0.15) is 62.3 Å². The number of thiophene rings is 1. The van der Waals surface area contributed by atoms with Crippen LogP contribution in [0.2, 0.25) is 0 Å². The summed E-state index contributed by atoms with van der Waals surface area (Å²) in [4.78, 5) is 34.8. The number of aromatic nitrogens is 2. The maximum atomic E-state index is 12.6. The van der Waals surface area contributed by atoms with E-state index in [9.17, 15) is 9.59 Å². The highest BCUT2D eigenvalue weighted by molar-refractivity contribution is 8.00. The SMILES string of the molecule is C[C@H](Sc1nc2sc3c(c2c(=O)[nH]1)CCCC3)C(=O)NCC1CCCCC1. The number of thioether (sulfide) groups is 1. The van der Waals surface area contributed by atoms with Crippen molar-refractivity contribution in [3.63, 3.8) is 0 Å². The molecule has 2 aromatic heterocycles. The van der Waals surface area contributed by atoms with E-state index in [1.54, 1.807) is 11.3 Å². The van der Waals surface area contributed by atoms with Gasteiger partial charge >= 0.3 is 0 Å². The third-order valence-electron chi connectivity index (χ3n) is 5.75. The number of carbonyl (C=O) groups excluding carboxylic acids is 1. The van der Waals surface area contributed by atoms with Crippen LogP contribution in [0.15, 0.2) is 9.95 Å². The number of hydrogen-bond donors (Lipinski definition) is 2. The predicted molar refractivity (Wildman–Crippen MR) is 112 cm³/mol. The number of hydrogen-bond acceptors (Lipinski definition) is 5. The average molecular weight is 406 g/mol. The standard InChI is InChI=1S/C20H27N3O2S2/c1-12(17(24)21-11-13-7-3-2-4-8-13)26-20-22-18(25)16-14-9-5-6-10-15(14)27-19(16)23-20/h12-13H,2-11H2,1H3,(H,21,24)(H,22,23,25)/t12-/m0/s1. The van der Waals surface area contributed by atoms with E-state index < -0.39 is 0 Å². The Morgan fingerprint density at radius 1 is 1.26 bits per heavy atom. The first-order valence-electron chi connectivity index (χ1n) is 10.1. The van der Waals surface area contributed by atoms with Gasteiger partial charge in [0.1, 0.15) is 4.83 Å². The molecule has 27 heavy (non-hydrogen) atoms. The molecule has 2 heterocycles. The van der Waals surface area contributed by atoms with Crippen LogP contribution in [0.3, 0.4) is 0 Å². The number of nitrogens with zero attached hydrogens (tertiary/aromatic N) is 1. The molecule has 0 spiro atoms. The van der Waals surface area contributed by atoms with E-state index in [1.807, 2.05) is 6.92 Å². The lowest BCUT2D eigenvalue weighted by Crippen LogP contribution is -2.35. The fourth-order valence-corrected chi connectivity index (χ4v) is 6.34. The van der Waals surface area contributed by atoms with Crippen LogP contribution in [-0.2, 0) is 17.6 Å². The quantitative estimate of drug-likeness (QED) is 0.581. The molecular weight excluding hydrogens is 378 g/mol. The molecule has 0 unspecified atom stereocenters. The summed E-state index contributed by atoms with van der Waals surface area (Å²) >= 11 is 2.99. The first-order valence-corrected chi connectivity index (χ1v) is 11.8. The number of nitrogens with one attached hydrogen (secondary N) is 2. The Labute approximate surface area is 167 Å². The van der Waals surface area contributed by atoms with Crippen molar-refractivity contribution in [1.82, 2.24) is 15.3 Å². The number of carbonyl (C=O) groups is 1. The number of H-pyrrole nitrogens is 1. The minimum atomic E-state index is -0.274. The van der Waals surface area contributed by atoms with E-state index in [0.717, 1.165) is 36.0 Å². The first kappa shape index (κ1) is 19.0. The van der Waals surface area contributed by atoms with Crippen LogP contribution in [0.5, 0.6) is 0 Å². The van der Waals surface area contributed by atoms with Crippen molar-refractivity contribution in [3.05, 3.63) is 20.8 Å². The molecule has 0 saturated heterocycles. The second-order valence-corrected chi connectivity index (χ2v) is 10.2. The fourth-order valence-electron chi connectivity index (χ4n) is 4.20. The lowest BCUT2D eigenvalue weighted by molar-refractivity contribution is -0.120. The molecule has 0 radical (unpaired) electrons. The molecule has 7 heteroatoms. The molecule has 0 aliphatic heterocycles. The molecule has 2 aliphatic rings. The van der Waals surface area contributed by atoms with Gasteiger partial charge in [0.15, 0.2) is 5.16 Å². The van der Waals surface area contributed by atoms with Gasteiger partial charge in [0, 0.05) is 11.4 Å². The highest BCUT2D eigenvalue weighted by Crippen LogP contribution is 2.34. The van der Waals surface area contributed by atoms with Crippen molar-refractivity contribution in [2.24, 2.45) is 5.92 Å². The van der Waals surface area contributed by atoms with Gasteiger partial charge in [-0.15, -0.1) is 11.3 Å². The number of fused-ring (bicyclic) bond motifs is 3. The second kappa shape index (κ2) is 8.35. The number of aromatic amines is 1. The van der Waals surface area contributed by atoms with E-state index >= 15 is 0 Å². The van der Waals surface area contributed by atoms with Gasteiger partial charge in [-0.25, -0.2) is 4.98 Å². The Balaban J connectivity index is 1.43. The second-order valence-electron chi connectivity index (χ2n) is 7.77. The van der Waals surface area contributed by atoms with Gasteiger partial charge in [-0.2, -0.15) is 0 Å². The molecule has 4 rings (SSSR count). The Morgan fingerprint density at radius 2 is 2.04 bits per heavy atom. The van der Waals surface area contributed by atoms with Crippen LogP contribution in [0.4, 0.5) is 0 Å². The van der Waals surface area contributed by atoms with E-state index in [1.165, 1.54) is 60.7 Å². The van der Waals surface area contributed by atoms with Crippen LogP contribution in [0, 0.1) is 5.92 Å². The summed E-state index contributed by atoms with van der Waals surface area (Å²) in [6, 6.07) is 0. The molecule has 1 amide bonds. The average Bonchev–Trinajstić information content (AvgIpc) is 3.05. The van der Waals surface area contributed by atoms with Crippen molar-refractivity contribution in [2.45, 2.75) is 75.1 Å². The smallest absolute Gasteiger partial charge is 0.260 e. The molecule has 0 aromatic carbocycles.